The number of ether oxygens (including phenoxy) is 3. The van der Waals surface area contributed by atoms with Crippen molar-refractivity contribution >= 4 is 18.5 Å². The summed E-state index contributed by atoms with van der Waals surface area (Å²) in [6.45, 7) is 0. The number of benzene rings is 1. The van der Waals surface area contributed by atoms with E-state index in [1.54, 1.807) is 0 Å². The number of hydrogen-bond acceptors (Lipinski definition) is 6. The van der Waals surface area contributed by atoms with E-state index in [9.17, 15) is 14.4 Å². The first-order valence-corrected chi connectivity index (χ1v) is 4.25. The summed E-state index contributed by atoms with van der Waals surface area (Å²) >= 11 is 0. The zero-order valence-electron chi connectivity index (χ0n) is 8.52. The summed E-state index contributed by atoms with van der Waals surface area (Å²) in [6.07, 6.45) is -5.03. The van der Waals surface area contributed by atoms with Gasteiger partial charge in [-0.25, -0.2) is 14.4 Å². The summed E-state index contributed by atoms with van der Waals surface area (Å²) in [6, 6.07) is 2.92. The van der Waals surface area contributed by atoms with Gasteiger partial charge in [0.25, 0.3) is 0 Å². The van der Waals surface area contributed by atoms with E-state index in [-0.39, 0.29) is 5.75 Å². The standard InChI is InChI=1S/C9H6O9/c10-7(11)16-4-1-2-5(17-8(12)13)6(3-4)18-9(14)15/h1-3H,(H,10,11)(H,12,13)(H,14,15). The second kappa shape index (κ2) is 5.39. The van der Waals surface area contributed by atoms with Gasteiger partial charge in [-0.05, 0) is 12.1 Å². The predicted molar refractivity (Wildman–Crippen MR) is 52.4 cm³/mol. The van der Waals surface area contributed by atoms with Crippen LogP contribution in [0.25, 0.3) is 0 Å². The molecule has 0 aliphatic heterocycles. The fourth-order valence-corrected chi connectivity index (χ4v) is 1.00. The molecule has 1 rings (SSSR count). The molecule has 0 fully saturated rings. The minimum atomic E-state index is -1.72. The van der Waals surface area contributed by atoms with Crippen LogP contribution in [0, 0.1) is 0 Å². The molecule has 3 N–H and O–H groups in total. The average Bonchev–Trinajstić information content (AvgIpc) is 2.19. The topological polar surface area (TPSA) is 140 Å². The van der Waals surface area contributed by atoms with Crippen LogP contribution in [0.15, 0.2) is 18.2 Å². The first-order chi connectivity index (χ1) is 8.38. The second-order valence-corrected chi connectivity index (χ2v) is 2.71. The molecule has 0 unspecified atom stereocenters. The average molecular weight is 258 g/mol. The van der Waals surface area contributed by atoms with Gasteiger partial charge < -0.3 is 29.5 Å². The minimum Gasteiger partial charge on any atom is -0.449 e. The van der Waals surface area contributed by atoms with Crippen molar-refractivity contribution in [2.45, 2.75) is 0 Å². The molecule has 0 aliphatic carbocycles. The van der Waals surface area contributed by atoms with E-state index in [1.165, 1.54) is 0 Å². The summed E-state index contributed by atoms with van der Waals surface area (Å²) < 4.78 is 12.7. The van der Waals surface area contributed by atoms with Crippen LogP contribution in [0.1, 0.15) is 0 Å². The highest BCUT2D eigenvalue weighted by Crippen LogP contribution is 2.32. The van der Waals surface area contributed by atoms with Gasteiger partial charge in [0.2, 0.25) is 0 Å². The number of carboxylic acid groups (broad SMARTS) is 3. The summed E-state index contributed by atoms with van der Waals surface area (Å²) in [5, 5.41) is 25.2. The SMILES string of the molecule is O=C(O)Oc1ccc(OC(=O)O)c(OC(=O)O)c1. The quantitative estimate of drug-likeness (QED) is 0.547. The highest BCUT2D eigenvalue weighted by atomic mass is 16.7. The molecule has 0 aliphatic rings. The summed E-state index contributed by atoms with van der Waals surface area (Å²) in [7, 11) is 0. The van der Waals surface area contributed by atoms with E-state index in [0.717, 1.165) is 18.2 Å². The first-order valence-electron chi connectivity index (χ1n) is 4.25. The third-order valence-corrected chi connectivity index (χ3v) is 1.51. The van der Waals surface area contributed by atoms with Crippen LogP contribution < -0.4 is 14.2 Å². The molecule has 96 valence electrons. The van der Waals surface area contributed by atoms with E-state index in [4.69, 9.17) is 15.3 Å². The second-order valence-electron chi connectivity index (χ2n) is 2.71. The Morgan fingerprint density at radius 1 is 0.778 bits per heavy atom. The third kappa shape index (κ3) is 3.89. The Labute approximate surface area is 98.7 Å². The van der Waals surface area contributed by atoms with Crippen LogP contribution in [0.4, 0.5) is 14.4 Å². The lowest BCUT2D eigenvalue weighted by atomic mass is 10.3. The minimum absolute atomic E-state index is 0.253. The highest BCUT2D eigenvalue weighted by molar-refractivity contribution is 5.68. The zero-order chi connectivity index (χ0) is 13.7. The molecule has 18 heavy (non-hydrogen) atoms. The number of rotatable bonds is 3. The van der Waals surface area contributed by atoms with Crippen molar-refractivity contribution in [2.75, 3.05) is 0 Å². The molecule has 0 spiro atoms. The van der Waals surface area contributed by atoms with Crippen molar-refractivity contribution in [3.63, 3.8) is 0 Å². The van der Waals surface area contributed by atoms with Gasteiger partial charge in [-0.2, -0.15) is 0 Å². The van der Waals surface area contributed by atoms with Crippen LogP contribution in [0.2, 0.25) is 0 Å². The Bertz CT molecular complexity index is 493. The smallest absolute Gasteiger partial charge is 0.449 e. The number of carbonyl (C=O) groups is 3. The van der Waals surface area contributed by atoms with Gasteiger partial charge in [0, 0.05) is 6.07 Å². The van der Waals surface area contributed by atoms with E-state index < -0.39 is 30.0 Å². The molecule has 9 nitrogen and oxygen atoms in total. The van der Waals surface area contributed by atoms with Gasteiger partial charge >= 0.3 is 18.5 Å². The van der Waals surface area contributed by atoms with Gasteiger partial charge in [0.15, 0.2) is 11.5 Å². The molecular formula is C9H6O9. The van der Waals surface area contributed by atoms with E-state index in [0.29, 0.717) is 0 Å². The molecule has 0 amide bonds. The van der Waals surface area contributed by atoms with E-state index in [2.05, 4.69) is 14.2 Å². The van der Waals surface area contributed by atoms with Crippen LogP contribution in [-0.4, -0.2) is 33.8 Å². The molecule has 0 saturated carbocycles. The van der Waals surface area contributed by atoms with E-state index in [1.807, 2.05) is 0 Å². The summed E-state index contributed by atoms with van der Waals surface area (Å²) in [5.74, 6) is -1.18. The molecule has 0 atom stereocenters. The summed E-state index contributed by atoms with van der Waals surface area (Å²) in [5.41, 5.74) is 0. The van der Waals surface area contributed by atoms with Crippen LogP contribution in [0.3, 0.4) is 0 Å². The van der Waals surface area contributed by atoms with E-state index >= 15 is 0 Å². The summed E-state index contributed by atoms with van der Waals surface area (Å²) in [4.78, 5) is 30.9. The van der Waals surface area contributed by atoms with Gasteiger partial charge in [-0.1, -0.05) is 0 Å². The Hall–Kier alpha value is -2.97. The van der Waals surface area contributed by atoms with Crippen molar-refractivity contribution in [2.24, 2.45) is 0 Å². The van der Waals surface area contributed by atoms with Crippen molar-refractivity contribution < 1.29 is 43.9 Å². The normalized spacial score (nSPS) is 9.33. The predicted octanol–water partition coefficient (Wildman–Crippen LogP) is 1.86. The maximum atomic E-state index is 10.4. The molecule has 0 saturated heterocycles. The maximum absolute atomic E-state index is 10.4. The molecular weight excluding hydrogens is 252 g/mol. The Kier molecular flexibility index (Phi) is 3.92. The Morgan fingerprint density at radius 2 is 1.28 bits per heavy atom. The maximum Gasteiger partial charge on any atom is 0.511 e. The van der Waals surface area contributed by atoms with Crippen molar-refractivity contribution in [3.05, 3.63) is 18.2 Å². The number of hydrogen-bond donors (Lipinski definition) is 3. The zero-order valence-corrected chi connectivity index (χ0v) is 8.52. The molecule has 1 aromatic rings. The van der Waals surface area contributed by atoms with Gasteiger partial charge in [-0.3, -0.25) is 0 Å². The molecule has 9 heteroatoms. The van der Waals surface area contributed by atoms with Gasteiger partial charge in [-0.15, -0.1) is 0 Å². The van der Waals surface area contributed by atoms with Crippen molar-refractivity contribution in [3.8, 4) is 17.2 Å². The molecule has 0 heterocycles. The fourth-order valence-electron chi connectivity index (χ4n) is 1.00. The van der Waals surface area contributed by atoms with Gasteiger partial charge in [0.05, 0.1) is 0 Å². The van der Waals surface area contributed by atoms with Crippen LogP contribution in [0.5, 0.6) is 17.2 Å². The lowest BCUT2D eigenvalue weighted by Crippen LogP contribution is -2.09. The fraction of sp³-hybridized carbons (Fsp3) is 0. The third-order valence-electron chi connectivity index (χ3n) is 1.51. The lowest BCUT2D eigenvalue weighted by molar-refractivity contribution is 0.132. The van der Waals surface area contributed by atoms with Crippen molar-refractivity contribution in [1.29, 1.82) is 0 Å². The monoisotopic (exact) mass is 258 g/mol. The molecule has 0 bridgehead atoms. The van der Waals surface area contributed by atoms with Gasteiger partial charge in [0.1, 0.15) is 5.75 Å². The van der Waals surface area contributed by atoms with Crippen molar-refractivity contribution in [1.82, 2.24) is 0 Å². The lowest BCUT2D eigenvalue weighted by Gasteiger charge is -2.08. The first kappa shape index (κ1) is 13.1. The molecule has 0 radical (unpaired) electrons. The molecule has 1 aromatic carbocycles. The van der Waals surface area contributed by atoms with Crippen LogP contribution >= 0.6 is 0 Å². The largest absolute Gasteiger partial charge is 0.511 e. The Morgan fingerprint density at radius 3 is 1.78 bits per heavy atom. The Balaban J connectivity index is 3.06. The highest BCUT2D eigenvalue weighted by Gasteiger charge is 2.15. The molecule has 0 aromatic heterocycles. The van der Waals surface area contributed by atoms with Crippen LogP contribution in [-0.2, 0) is 0 Å².